The molecule has 3 atom stereocenters. The summed E-state index contributed by atoms with van der Waals surface area (Å²) in [6.45, 7) is 0. The van der Waals surface area contributed by atoms with Crippen molar-refractivity contribution >= 4 is 28.6 Å². The van der Waals surface area contributed by atoms with Gasteiger partial charge in [-0.25, -0.2) is 9.37 Å². The third kappa shape index (κ3) is 1.58. The van der Waals surface area contributed by atoms with Crippen LogP contribution in [0, 0.1) is 5.82 Å². The average Bonchev–Trinajstić information content (AvgIpc) is 3.03. The van der Waals surface area contributed by atoms with Crippen molar-refractivity contribution in [2.45, 2.75) is 37.5 Å². The van der Waals surface area contributed by atoms with E-state index in [0.717, 1.165) is 24.8 Å². The smallest absolute Gasteiger partial charge is 0.201 e. The zero-order chi connectivity index (χ0) is 13.1. The molecule has 1 aromatic carbocycles. The number of hydrogen-bond donors (Lipinski definition) is 1. The second-order valence-corrected chi connectivity index (χ2v) is 5.68. The lowest BCUT2D eigenvalue weighted by Gasteiger charge is -2.22. The molecule has 2 N–H and O–H groups in total. The predicted molar refractivity (Wildman–Crippen MR) is 70.7 cm³/mol. The van der Waals surface area contributed by atoms with Gasteiger partial charge in [0, 0.05) is 6.07 Å². The molecule has 100 valence electrons. The van der Waals surface area contributed by atoms with Crippen LogP contribution in [0.3, 0.4) is 0 Å². The van der Waals surface area contributed by atoms with E-state index in [9.17, 15) is 4.39 Å². The van der Waals surface area contributed by atoms with Crippen molar-refractivity contribution in [3.8, 4) is 0 Å². The Morgan fingerprint density at radius 2 is 2.26 bits per heavy atom. The van der Waals surface area contributed by atoms with E-state index in [1.165, 1.54) is 6.07 Å². The number of rotatable bonds is 1. The van der Waals surface area contributed by atoms with Gasteiger partial charge in [0.05, 0.1) is 34.3 Å². The van der Waals surface area contributed by atoms with Crippen LogP contribution in [-0.4, -0.2) is 21.8 Å². The van der Waals surface area contributed by atoms with E-state index < -0.39 is 5.82 Å². The first-order chi connectivity index (χ1) is 9.13. The molecule has 4 rings (SSSR count). The molecule has 0 amide bonds. The standard InChI is InChI=1S/C13H13ClFN3O/c14-7-4-10-9(5-8(7)15)17-13(16)18(10)11-3-6-1-2-12(11)19-6/h4-6,11-12H,1-3H2,(H2,16,17). The molecule has 3 heterocycles. The highest BCUT2D eigenvalue weighted by Gasteiger charge is 2.42. The minimum atomic E-state index is -0.469. The number of nitrogens with two attached hydrogens (primary N) is 1. The van der Waals surface area contributed by atoms with Crippen molar-refractivity contribution in [2.75, 3.05) is 5.73 Å². The van der Waals surface area contributed by atoms with Crippen LogP contribution in [0.2, 0.25) is 5.02 Å². The fourth-order valence-electron chi connectivity index (χ4n) is 3.34. The lowest BCUT2D eigenvalue weighted by Crippen LogP contribution is -2.22. The summed E-state index contributed by atoms with van der Waals surface area (Å²) in [5.41, 5.74) is 7.32. The van der Waals surface area contributed by atoms with E-state index in [0.29, 0.717) is 17.6 Å². The van der Waals surface area contributed by atoms with E-state index in [1.807, 2.05) is 4.57 Å². The highest BCUT2D eigenvalue weighted by molar-refractivity contribution is 6.31. The topological polar surface area (TPSA) is 53.1 Å². The molecule has 0 saturated carbocycles. The van der Waals surface area contributed by atoms with Gasteiger partial charge in [-0.1, -0.05) is 11.6 Å². The maximum Gasteiger partial charge on any atom is 0.201 e. The first kappa shape index (κ1) is 11.5. The molecule has 2 aromatic rings. The normalized spacial score (nSPS) is 29.5. The Balaban J connectivity index is 1.89. The fraction of sp³-hybridized carbons (Fsp3) is 0.462. The molecule has 6 heteroatoms. The van der Waals surface area contributed by atoms with Crippen LogP contribution in [-0.2, 0) is 4.74 Å². The Kier molecular flexibility index (Phi) is 2.32. The predicted octanol–water partition coefficient (Wildman–Crippen LogP) is 2.90. The number of halogens is 2. The van der Waals surface area contributed by atoms with Crippen LogP contribution in [0.4, 0.5) is 10.3 Å². The molecule has 0 spiro atoms. The fourth-order valence-corrected chi connectivity index (χ4v) is 3.50. The monoisotopic (exact) mass is 281 g/mol. The number of nitrogens with zero attached hydrogens (tertiary/aromatic N) is 2. The Labute approximate surface area is 114 Å². The van der Waals surface area contributed by atoms with E-state index in [4.69, 9.17) is 22.1 Å². The van der Waals surface area contributed by atoms with Gasteiger partial charge in [0.2, 0.25) is 5.95 Å². The molecular weight excluding hydrogens is 269 g/mol. The van der Waals surface area contributed by atoms with Crippen LogP contribution < -0.4 is 5.73 Å². The summed E-state index contributed by atoms with van der Waals surface area (Å²) in [6.07, 6.45) is 3.61. The van der Waals surface area contributed by atoms with Crippen molar-refractivity contribution in [2.24, 2.45) is 0 Å². The molecule has 0 radical (unpaired) electrons. The van der Waals surface area contributed by atoms with E-state index >= 15 is 0 Å². The molecular formula is C13H13ClFN3O. The van der Waals surface area contributed by atoms with E-state index in [2.05, 4.69) is 4.98 Å². The number of nitrogen functional groups attached to an aromatic ring is 1. The van der Waals surface area contributed by atoms with Crippen molar-refractivity contribution < 1.29 is 9.13 Å². The van der Waals surface area contributed by atoms with Crippen molar-refractivity contribution in [3.63, 3.8) is 0 Å². The largest absolute Gasteiger partial charge is 0.373 e. The molecule has 1 aromatic heterocycles. The van der Waals surface area contributed by atoms with Gasteiger partial charge in [-0.15, -0.1) is 0 Å². The molecule has 3 unspecified atom stereocenters. The van der Waals surface area contributed by atoms with Crippen LogP contribution in [0.15, 0.2) is 12.1 Å². The number of aromatic nitrogens is 2. The minimum absolute atomic E-state index is 0.0951. The van der Waals surface area contributed by atoms with E-state index in [1.54, 1.807) is 6.07 Å². The lowest BCUT2D eigenvalue weighted by molar-refractivity contribution is 0.0945. The summed E-state index contributed by atoms with van der Waals surface area (Å²) in [5, 5.41) is 0.0951. The molecule has 2 bridgehead atoms. The number of anilines is 1. The first-order valence-electron chi connectivity index (χ1n) is 6.41. The molecule has 0 aliphatic carbocycles. The van der Waals surface area contributed by atoms with Gasteiger partial charge in [-0.3, -0.25) is 0 Å². The van der Waals surface area contributed by atoms with E-state index in [-0.39, 0.29) is 17.2 Å². The summed E-state index contributed by atoms with van der Waals surface area (Å²) < 4.78 is 21.3. The summed E-state index contributed by atoms with van der Waals surface area (Å²) >= 11 is 5.87. The second-order valence-electron chi connectivity index (χ2n) is 5.27. The third-order valence-corrected chi connectivity index (χ3v) is 4.45. The average molecular weight is 282 g/mol. The summed E-state index contributed by atoms with van der Waals surface area (Å²) in [4.78, 5) is 4.23. The van der Waals surface area contributed by atoms with Crippen LogP contribution in [0.5, 0.6) is 0 Å². The van der Waals surface area contributed by atoms with Gasteiger partial charge in [0.1, 0.15) is 5.82 Å². The zero-order valence-electron chi connectivity index (χ0n) is 10.1. The highest BCUT2D eigenvalue weighted by atomic mass is 35.5. The van der Waals surface area contributed by atoms with Crippen molar-refractivity contribution in [1.29, 1.82) is 0 Å². The Morgan fingerprint density at radius 1 is 1.42 bits per heavy atom. The number of ether oxygens (including phenoxy) is 1. The number of benzene rings is 1. The molecule has 2 aliphatic heterocycles. The van der Waals surface area contributed by atoms with Crippen LogP contribution in [0.25, 0.3) is 11.0 Å². The van der Waals surface area contributed by atoms with Crippen LogP contribution in [0.1, 0.15) is 25.3 Å². The SMILES string of the molecule is Nc1nc2cc(F)c(Cl)cc2n1C1CC2CCC1O2. The number of hydrogen-bond acceptors (Lipinski definition) is 3. The van der Waals surface area contributed by atoms with Gasteiger partial charge in [0.25, 0.3) is 0 Å². The molecule has 2 fully saturated rings. The maximum atomic E-state index is 13.5. The Bertz CT molecular complexity index is 671. The number of fused-ring (bicyclic) bond motifs is 3. The minimum Gasteiger partial charge on any atom is -0.373 e. The Hall–Kier alpha value is -1.33. The third-order valence-electron chi connectivity index (χ3n) is 4.16. The van der Waals surface area contributed by atoms with Crippen molar-refractivity contribution in [3.05, 3.63) is 23.0 Å². The number of imidazole rings is 1. The second kappa shape index (κ2) is 3.84. The molecule has 19 heavy (non-hydrogen) atoms. The van der Waals surface area contributed by atoms with Gasteiger partial charge in [-0.2, -0.15) is 0 Å². The quantitative estimate of drug-likeness (QED) is 0.874. The van der Waals surface area contributed by atoms with Crippen molar-refractivity contribution in [1.82, 2.24) is 9.55 Å². The zero-order valence-corrected chi connectivity index (χ0v) is 10.9. The summed E-state index contributed by atoms with van der Waals surface area (Å²) in [6, 6.07) is 3.12. The molecule has 4 nitrogen and oxygen atoms in total. The lowest BCUT2D eigenvalue weighted by atomic mass is 9.95. The van der Waals surface area contributed by atoms with Crippen LogP contribution >= 0.6 is 11.6 Å². The highest BCUT2D eigenvalue weighted by Crippen LogP contribution is 2.44. The van der Waals surface area contributed by atoms with Gasteiger partial charge in [0.15, 0.2) is 0 Å². The molecule has 2 aliphatic rings. The van der Waals surface area contributed by atoms with Gasteiger partial charge < -0.3 is 15.0 Å². The first-order valence-corrected chi connectivity index (χ1v) is 6.79. The molecule has 2 saturated heterocycles. The summed E-state index contributed by atoms with van der Waals surface area (Å²) in [7, 11) is 0. The van der Waals surface area contributed by atoms with Gasteiger partial charge in [-0.05, 0) is 25.3 Å². The maximum absolute atomic E-state index is 13.5. The summed E-state index contributed by atoms with van der Waals surface area (Å²) in [5.74, 6) is -0.0687. The Morgan fingerprint density at radius 3 is 2.95 bits per heavy atom. The van der Waals surface area contributed by atoms with Gasteiger partial charge >= 0.3 is 0 Å².